The Labute approximate surface area is 166 Å². The third kappa shape index (κ3) is 3.60. The molecule has 2 aromatic carbocycles. The molecule has 27 heavy (non-hydrogen) atoms. The second-order valence-corrected chi connectivity index (χ2v) is 7.77. The normalized spacial score (nSPS) is 11.3. The zero-order valence-corrected chi connectivity index (χ0v) is 16.8. The van der Waals surface area contributed by atoms with Crippen molar-refractivity contribution in [1.29, 1.82) is 0 Å². The highest BCUT2D eigenvalue weighted by molar-refractivity contribution is 9.10. The Hall–Kier alpha value is -2.66. The predicted molar refractivity (Wildman–Crippen MR) is 114 cm³/mol. The van der Waals surface area contributed by atoms with Crippen molar-refractivity contribution in [2.75, 3.05) is 11.9 Å². The van der Waals surface area contributed by atoms with Gasteiger partial charge in [-0.15, -0.1) is 0 Å². The van der Waals surface area contributed by atoms with E-state index in [1.54, 1.807) is 6.33 Å². The topological polar surface area (TPSA) is 51.0 Å². The number of halogens is 1. The summed E-state index contributed by atoms with van der Waals surface area (Å²) in [5, 5.41) is 4.37. The van der Waals surface area contributed by atoms with Gasteiger partial charge in [0, 0.05) is 22.1 Å². The van der Waals surface area contributed by atoms with Gasteiger partial charge in [0.05, 0.1) is 5.39 Å². The summed E-state index contributed by atoms with van der Waals surface area (Å²) in [6.45, 7) is 5.18. The lowest BCUT2D eigenvalue weighted by Gasteiger charge is -2.10. The number of furan rings is 1. The van der Waals surface area contributed by atoms with Crippen LogP contribution in [0.2, 0.25) is 0 Å². The molecule has 1 N–H and O–H groups in total. The predicted octanol–water partition coefficient (Wildman–Crippen LogP) is 6.39. The van der Waals surface area contributed by atoms with Gasteiger partial charge >= 0.3 is 0 Å². The van der Waals surface area contributed by atoms with Gasteiger partial charge in [-0.3, -0.25) is 0 Å². The molecule has 5 heteroatoms. The second-order valence-electron chi connectivity index (χ2n) is 6.86. The minimum atomic E-state index is 0.507. The molecular formula is C22H20BrN3O. The van der Waals surface area contributed by atoms with Gasteiger partial charge in [-0.25, -0.2) is 9.97 Å². The molecular weight excluding hydrogens is 402 g/mol. The fourth-order valence-corrected chi connectivity index (χ4v) is 3.32. The molecule has 0 atom stereocenters. The Kier molecular flexibility index (Phi) is 4.94. The van der Waals surface area contributed by atoms with Gasteiger partial charge in [0.2, 0.25) is 5.71 Å². The molecule has 4 rings (SSSR count). The summed E-state index contributed by atoms with van der Waals surface area (Å²) in [5.74, 6) is 2.12. The molecule has 2 aromatic heterocycles. The third-order valence-corrected chi connectivity index (χ3v) is 4.86. The van der Waals surface area contributed by atoms with E-state index in [-0.39, 0.29) is 0 Å². The van der Waals surface area contributed by atoms with Crippen LogP contribution in [0.1, 0.15) is 13.8 Å². The van der Waals surface area contributed by atoms with E-state index in [9.17, 15) is 0 Å². The molecule has 0 aliphatic carbocycles. The van der Waals surface area contributed by atoms with Crippen molar-refractivity contribution in [2.24, 2.45) is 5.92 Å². The Morgan fingerprint density at radius 1 is 0.963 bits per heavy atom. The van der Waals surface area contributed by atoms with Crippen LogP contribution in [0.25, 0.3) is 33.6 Å². The van der Waals surface area contributed by atoms with E-state index in [4.69, 9.17) is 4.42 Å². The van der Waals surface area contributed by atoms with Crippen LogP contribution >= 0.6 is 15.9 Å². The smallest absolute Gasteiger partial charge is 0.232 e. The molecule has 0 unspecified atom stereocenters. The number of fused-ring (bicyclic) bond motifs is 1. The minimum absolute atomic E-state index is 0.507. The van der Waals surface area contributed by atoms with Crippen molar-refractivity contribution in [3.8, 4) is 22.5 Å². The number of hydrogen-bond acceptors (Lipinski definition) is 4. The molecule has 0 aliphatic rings. The monoisotopic (exact) mass is 421 g/mol. The summed E-state index contributed by atoms with van der Waals surface area (Å²) in [7, 11) is 0. The lowest BCUT2D eigenvalue weighted by atomic mass is 9.99. The van der Waals surface area contributed by atoms with E-state index in [2.05, 4.69) is 57.2 Å². The van der Waals surface area contributed by atoms with E-state index >= 15 is 0 Å². The van der Waals surface area contributed by atoms with Crippen LogP contribution in [0.3, 0.4) is 0 Å². The van der Waals surface area contributed by atoms with E-state index in [0.717, 1.165) is 44.7 Å². The summed E-state index contributed by atoms with van der Waals surface area (Å²) in [6, 6.07) is 18.4. The number of benzene rings is 2. The Bertz CT molecular complexity index is 1060. The summed E-state index contributed by atoms with van der Waals surface area (Å²) in [4.78, 5) is 8.89. The number of nitrogens with one attached hydrogen (secondary N) is 1. The first-order chi connectivity index (χ1) is 13.1. The van der Waals surface area contributed by atoms with E-state index in [0.29, 0.717) is 11.6 Å². The van der Waals surface area contributed by atoms with Crippen LogP contribution in [0.4, 0.5) is 5.82 Å². The first-order valence-corrected chi connectivity index (χ1v) is 9.75. The number of aromatic nitrogens is 2. The van der Waals surface area contributed by atoms with Gasteiger partial charge in [-0.2, -0.15) is 0 Å². The van der Waals surface area contributed by atoms with Crippen molar-refractivity contribution < 1.29 is 4.42 Å². The number of hydrogen-bond donors (Lipinski definition) is 1. The maximum atomic E-state index is 6.22. The number of nitrogens with zero attached hydrogens (tertiary/aromatic N) is 2. The molecule has 0 bridgehead atoms. The molecule has 2 heterocycles. The molecule has 0 spiro atoms. The zero-order chi connectivity index (χ0) is 18.8. The van der Waals surface area contributed by atoms with Crippen LogP contribution in [0, 0.1) is 5.92 Å². The third-order valence-electron chi connectivity index (χ3n) is 4.33. The standard InChI is InChI=1S/C22H20BrN3O/c1-14(2)12-24-21-19-18(15-6-4-3-5-7-15)20(27-22(19)26-13-25-21)16-8-10-17(23)11-9-16/h3-11,13-14H,12H2,1-2H3,(H,24,25,26). The lowest BCUT2D eigenvalue weighted by molar-refractivity contribution is 0.618. The minimum Gasteiger partial charge on any atom is -0.437 e. The molecule has 0 fully saturated rings. The number of anilines is 1. The summed E-state index contributed by atoms with van der Waals surface area (Å²) < 4.78 is 7.25. The fraction of sp³-hybridized carbons (Fsp3) is 0.182. The molecule has 0 aliphatic heterocycles. The molecule has 0 radical (unpaired) electrons. The van der Waals surface area contributed by atoms with Gasteiger partial charge in [-0.05, 0) is 23.6 Å². The van der Waals surface area contributed by atoms with E-state index in [1.807, 2.05) is 42.5 Å². The Morgan fingerprint density at radius 2 is 1.70 bits per heavy atom. The van der Waals surface area contributed by atoms with Crippen LogP contribution < -0.4 is 5.32 Å². The average molecular weight is 422 g/mol. The highest BCUT2D eigenvalue weighted by Crippen LogP contribution is 2.42. The van der Waals surface area contributed by atoms with E-state index < -0.39 is 0 Å². The summed E-state index contributed by atoms with van der Waals surface area (Å²) in [6.07, 6.45) is 1.55. The molecule has 4 nitrogen and oxygen atoms in total. The molecule has 4 aromatic rings. The molecule has 0 amide bonds. The van der Waals surface area contributed by atoms with Crippen LogP contribution in [-0.4, -0.2) is 16.5 Å². The lowest BCUT2D eigenvalue weighted by Crippen LogP contribution is -2.09. The second kappa shape index (κ2) is 7.53. The van der Waals surface area contributed by atoms with Gasteiger partial charge in [-0.1, -0.05) is 72.2 Å². The SMILES string of the molecule is CC(C)CNc1ncnc2oc(-c3ccc(Br)cc3)c(-c3ccccc3)c12. The van der Waals surface area contributed by atoms with Gasteiger partial charge in [0.25, 0.3) is 0 Å². The first-order valence-electron chi connectivity index (χ1n) is 8.96. The molecule has 136 valence electrons. The van der Waals surface area contributed by atoms with Crippen molar-refractivity contribution in [3.05, 3.63) is 65.4 Å². The maximum absolute atomic E-state index is 6.22. The van der Waals surface area contributed by atoms with Crippen molar-refractivity contribution in [1.82, 2.24) is 9.97 Å². The quantitative estimate of drug-likeness (QED) is 0.405. The molecule has 0 saturated heterocycles. The largest absolute Gasteiger partial charge is 0.437 e. The average Bonchev–Trinajstić information content (AvgIpc) is 3.07. The van der Waals surface area contributed by atoms with Gasteiger partial charge in [0.15, 0.2) is 0 Å². The van der Waals surface area contributed by atoms with Crippen LogP contribution in [0.15, 0.2) is 69.8 Å². The van der Waals surface area contributed by atoms with Crippen molar-refractivity contribution in [3.63, 3.8) is 0 Å². The summed E-state index contributed by atoms with van der Waals surface area (Å²) in [5.41, 5.74) is 3.69. The Balaban J connectivity index is 1.98. The van der Waals surface area contributed by atoms with Crippen LogP contribution in [0.5, 0.6) is 0 Å². The fourth-order valence-electron chi connectivity index (χ4n) is 3.05. The highest BCUT2D eigenvalue weighted by atomic mass is 79.9. The van der Waals surface area contributed by atoms with Crippen molar-refractivity contribution >= 4 is 32.8 Å². The molecule has 0 saturated carbocycles. The van der Waals surface area contributed by atoms with Gasteiger partial charge in [0.1, 0.15) is 17.9 Å². The Morgan fingerprint density at radius 3 is 2.41 bits per heavy atom. The van der Waals surface area contributed by atoms with Crippen LogP contribution in [-0.2, 0) is 0 Å². The van der Waals surface area contributed by atoms with Crippen molar-refractivity contribution in [2.45, 2.75) is 13.8 Å². The van der Waals surface area contributed by atoms with Gasteiger partial charge < -0.3 is 9.73 Å². The maximum Gasteiger partial charge on any atom is 0.232 e. The van der Waals surface area contributed by atoms with E-state index in [1.165, 1.54) is 0 Å². The highest BCUT2D eigenvalue weighted by Gasteiger charge is 2.22. The zero-order valence-electron chi connectivity index (χ0n) is 15.2. The number of rotatable bonds is 5. The first kappa shape index (κ1) is 17.7. The summed E-state index contributed by atoms with van der Waals surface area (Å²) >= 11 is 3.50.